The third kappa shape index (κ3) is 9.65. The molecule has 13 N–H and O–H groups in total. The number of aliphatic hydroxyl groups excluding tert-OH is 13. The van der Waals surface area contributed by atoms with E-state index in [1.807, 2.05) is 13.0 Å². The van der Waals surface area contributed by atoms with Crippen LogP contribution in [0.1, 0.15) is 120 Å². The molecule has 9 fully saturated rings. The molecule has 4 saturated heterocycles. The quantitative estimate of drug-likeness (QED) is 0.0724. The van der Waals surface area contributed by atoms with Crippen molar-refractivity contribution in [1.29, 1.82) is 0 Å². The Kier molecular flexibility index (Phi) is 16.9. The molecule has 9 rings (SSSR count). The van der Waals surface area contributed by atoms with Gasteiger partial charge in [-0.15, -0.1) is 0 Å². The highest BCUT2D eigenvalue weighted by Crippen LogP contribution is 2.89. The van der Waals surface area contributed by atoms with Gasteiger partial charge in [0.25, 0.3) is 0 Å². The van der Waals surface area contributed by atoms with Crippen LogP contribution in [0.5, 0.6) is 0 Å². The molecular weight excluding hydrogens is 985 g/mol. The van der Waals surface area contributed by atoms with Crippen molar-refractivity contribution in [2.45, 2.75) is 255 Å². The van der Waals surface area contributed by atoms with Gasteiger partial charge in [-0.2, -0.15) is 0 Å². The van der Waals surface area contributed by atoms with Gasteiger partial charge in [0.2, 0.25) is 0 Å². The summed E-state index contributed by atoms with van der Waals surface area (Å²) in [5, 5.41) is 140. The Balaban J connectivity index is 0.871. The Bertz CT molecular complexity index is 2000. The first-order valence-corrected chi connectivity index (χ1v) is 27.8. The molecular formula is C54H90O21. The Morgan fingerprint density at radius 3 is 1.84 bits per heavy atom. The molecule has 0 aromatic heterocycles. The summed E-state index contributed by atoms with van der Waals surface area (Å²) in [6.45, 7) is 15.3. The highest BCUT2D eigenvalue weighted by Gasteiger charge is 2.82. The minimum atomic E-state index is -1.92. The van der Waals surface area contributed by atoms with Crippen molar-refractivity contribution < 1.29 is 104 Å². The zero-order chi connectivity index (χ0) is 54.6. The Morgan fingerprint density at radius 1 is 0.573 bits per heavy atom. The zero-order valence-corrected chi connectivity index (χ0v) is 44.9. The monoisotopic (exact) mass is 1070 g/mol. The van der Waals surface area contributed by atoms with Gasteiger partial charge < -0.3 is 104 Å². The molecule has 432 valence electrons. The van der Waals surface area contributed by atoms with Crippen LogP contribution in [0.4, 0.5) is 0 Å². The van der Waals surface area contributed by atoms with Crippen LogP contribution in [0, 0.1) is 50.7 Å². The second-order valence-electron chi connectivity index (χ2n) is 25.6. The Labute approximate surface area is 440 Å². The van der Waals surface area contributed by atoms with Crippen LogP contribution in [0.25, 0.3) is 0 Å². The average molecular weight is 1080 g/mol. The van der Waals surface area contributed by atoms with E-state index in [0.717, 1.165) is 56.9 Å². The molecule has 21 heteroatoms. The fourth-order valence-corrected chi connectivity index (χ4v) is 16.9. The molecule has 9 aliphatic rings. The lowest BCUT2D eigenvalue weighted by Gasteiger charge is -2.63. The molecule has 75 heavy (non-hydrogen) atoms. The minimum absolute atomic E-state index is 0.00298. The highest BCUT2D eigenvalue weighted by atomic mass is 16.8. The number of rotatable bonds is 15. The van der Waals surface area contributed by atoms with Crippen molar-refractivity contribution in [2.24, 2.45) is 50.7 Å². The number of hydrogen-bond acceptors (Lipinski definition) is 21. The predicted molar refractivity (Wildman–Crippen MR) is 261 cm³/mol. The third-order valence-corrected chi connectivity index (χ3v) is 21.7. The molecule has 30 atom stereocenters. The minimum Gasteiger partial charge on any atom is -0.394 e. The summed E-state index contributed by atoms with van der Waals surface area (Å²) in [5.74, 6) is 1.47. The first-order valence-electron chi connectivity index (χ1n) is 27.8. The maximum Gasteiger partial charge on any atom is 0.187 e. The van der Waals surface area contributed by atoms with Crippen molar-refractivity contribution in [3.8, 4) is 0 Å². The fourth-order valence-electron chi connectivity index (χ4n) is 16.9. The summed E-state index contributed by atoms with van der Waals surface area (Å²) in [6.07, 6.45) is -20.5. The van der Waals surface area contributed by atoms with Crippen molar-refractivity contribution in [1.82, 2.24) is 0 Å². The van der Waals surface area contributed by atoms with Crippen molar-refractivity contribution >= 4 is 0 Å². The molecule has 5 aliphatic carbocycles. The SMILES string of the molecule is C/C(=C/C[C@H](O)[C@@H](C)[C@H]1CC[C@@]2(C)[C@@H]3CC[C@H]4C(C)(C)[C@@H](O[C@@H]5O[C@H](C)[C@H](O[C@@H]6O[C@H](CO[C@@H]7O[C@H](CO)[C@@H](O)[C@H](O)[C@H]7O)[C@@H](O)[C@H](O)[C@H]6O[C@@H]6O[C@@H](C)[C@H](O)[C@@H](O)[C@H]6O)[C@H](O)[C@H]5O)CC[C@@]45C[C@@]35CC[C@]12C)CO. The maximum atomic E-state index is 11.9. The zero-order valence-electron chi connectivity index (χ0n) is 44.9. The third-order valence-electron chi connectivity index (χ3n) is 21.7. The smallest absolute Gasteiger partial charge is 0.187 e. The lowest BCUT2D eigenvalue weighted by atomic mass is 9.41. The van der Waals surface area contributed by atoms with E-state index < -0.39 is 142 Å². The van der Waals surface area contributed by atoms with Gasteiger partial charge in [-0.3, -0.25) is 0 Å². The second kappa shape index (κ2) is 21.7. The molecule has 0 bridgehead atoms. The van der Waals surface area contributed by atoms with Gasteiger partial charge in [-0.1, -0.05) is 46.3 Å². The first-order chi connectivity index (χ1) is 35.2. The van der Waals surface area contributed by atoms with Crippen LogP contribution in [0.2, 0.25) is 0 Å². The normalized spacial score (nSPS) is 54.5. The number of aliphatic hydroxyl groups is 13. The molecule has 0 radical (unpaired) electrons. The molecule has 5 saturated carbocycles. The van der Waals surface area contributed by atoms with E-state index in [9.17, 15) is 66.4 Å². The number of fused-ring (bicyclic) bond motifs is 2. The topological polar surface area (TPSA) is 337 Å². The van der Waals surface area contributed by atoms with E-state index in [-0.39, 0.29) is 45.7 Å². The summed E-state index contributed by atoms with van der Waals surface area (Å²) in [7, 11) is 0. The number of ether oxygens (including phenoxy) is 8. The van der Waals surface area contributed by atoms with Gasteiger partial charge in [0.15, 0.2) is 25.2 Å². The summed E-state index contributed by atoms with van der Waals surface area (Å²) < 4.78 is 48.3. The highest BCUT2D eigenvalue weighted by molar-refractivity contribution is 5.31. The van der Waals surface area contributed by atoms with Crippen LogP contribution in [0.15, 0.2) is 11.6 Å². The Hall–Kier alpha value is -1.10. The van der Waals surface area contributed by atoms with E-state index in [1.165, 1.54) is 13.3 Å². The summed E-state index contributed by atoms with van der Waals surface area (Å²) in [4.78, 5) is 0. The molecule has 2 spiro atoms. The van der Waals surface area contributed by atoms with Gasteiger partial charge >= 0.3 is 0 Å². The summed E-state index contributed by atoms with van der Waals surface area (Å²) >= 11 is 0. The van der Waals surface area contributed by atoms with Crippen LogP contribution < -0.4 is 0 Å². The molecule has 21 nitrogen and oxygen atoms in total. The average Bonchev–Trinajstić information content (AvgIpc) is 4.20. The lowest BCUT2D eigenvalue weighted by molar-refractivity contribution is -0.391. The standard InChI is InChI=1S/C54H90O21/c1-23(19-55)9-10-28(57)24(2)27-13-15-52(8)32-12-11-31-50(5,6)33(14-16-53(31)22-54(32,53)18-17-51(27,52)7)73-47-43(67)40(64)44(26(4)70-47)74-49-45(75-48-42(66)37(61)34(58)25(3)69-48)39(63)36(60)30(72-49)21-68-46-41(65)38(62)35(59)29(20-56)71-46/h9,24-49,55-67H,10-22H2,1-8H3/b23-9-/t24-,25-,26+,27+,28-,29+,30+,31-,32-,33-,34-,35+,36+,37+,38-,39-,40+,41+,42+,43+,44-,45+,46+,47-,48-,49-,51+,52-,53+,54-/m0/s1. The van der Waals surface area contributed by atoms with Gasteiger partial charge in [-0.25, -0.2) is 0 Å². The van der Waals surface area contributed by atoms with E-state index in [0.29, 0.717) is 24.2 Å². The van der Waals surface area contributed by atoms with E-state index in [2.05, 4.69) is 34.6 Å². The lowest BCUT2D eigenvalue weighted by Crippen LogP contribution is -2.67. The van der Waals surface area contributed by atoms with E-state index in [4.69, 9.17) is 37.9 Å². The molecule has 4 aliphatic heterocycles. The predicted octanol–water partition coefficient (Wildman–Crippen LogP) is -0.536. The Morgan fingerprint density at radius 2 is 1.15 bits per heavy atom. The van der Waals surface area contributed by atoms with Crippen LogP contribution in [-0.4, -0.2) is 221 Å². The molecule has 4 heterocycles. The molecule has 0 amide bonds. The van der Waals surface area contributed by atoms with Gasteiger partial charge in [0.05, 0.1) is 44.2 Å². The van der Waals surface area contributed by atoms with Crippen molar-refractivity contribution in [2.75, 3.05) is 19.8 Å². The largest absolute Gasteiger partial charge is 0.394 e. The number of hydrogen-bond donors (Lipinski definition) is 13. The molecule has 0 aromatic carbocycles. The van der Waals surface area contributed by atoms with Crippen molar-refractivity contribution in [3.63, 3.8) is 0 Å². The van der Waals surface area contributed by atoms with E-state index in [1.54, 1.807) is 6.92 Å². The van der Waals surface area contributed by atoms with Gasteiger partial charge in [0, 0.05) is 0 Å². The van der Waals surface area contributed by atoms with Gasteiger partial charge in [-0.05, 0) is 136 Å². The van der Waals surface area contributed by atoms with Crippen molar-refractivity contribution in [3.05, 3.63) is 11.6 Å². The summed E-state index contributed by atoms with van der Waals surface area (Å²) in [6, 6.07) is 0. The second-order valence-corrected chi connectivity index (χ2v) is 25.6. The van der Waals surface area contributed by atoms with Crippen LogP contribution in [-0.2, 0) is 37.9 Å². The molecule has 0 aromatic rings. The van der Waals surface area contributed by atoms with Crippen LogP contribution >= 0.6 is 0 Å². The summed E-state index contributed by atoms with van der Waals surface area (Å²) in [5.41, 5.74) is 1.19. The van der Waals surface area contributed by atoms with E-state index >= 15 is 0 Å². The van der Waals surface area contributed by atoms with Crippen LogP contribution in [0.3, 0.4) is 0 Å². The fraction of sp³-hybridized carbons (Fsp3) is 0.963. The maximum absolute atomic E-state index is 11.9. The van der Waals surface area contributed by atoms with Gasteiger partial charge in [0.1, 0.15) is 85.5 Å². The molecule has 0 unspecified atom stereocenters. The first kappa shape index (κ1) is 58.6.